The Labute approximate surface area is 127 Å². The van der Waals surface area contributed by atoms with Crippen LogP contribution >= 0.6 is 0 Å². The third-order valence-electron chi connectivity index (χ3n) is 3.85. The Bertz CT molecular complexity index is 697. The lowest BCUT2D eigenvalue weighted by atomic mass is 10.1. The predicted octanol–water partition coefficient (Wildman–Crippen LogP) is 1.88. The van der Waals surface area contributed by atoms with Crippen molar-refractivity contribution >= 4 is 11.5 Å². The van der Waals surface area contributed by atoms with Gasteiger partial charge < -0.3 is 9.88 Å². The van der Waals surface area contributed by atoms with Crippen LogP contribution in [0, 0.1) is 17.0 Å². The molecule has 0 radical (unpaired) electrons. The van der Waals surface area contributed by atoms with E-state index in [-0.39, 0.29) is 5.69 Å². The molecule has 0 aliphatic carbocycles. The molecule has 3 heterocycles. The minimum absolute atomic E-state index is 0.0390. The molecule has 1 aliphatic rings. The normalized spacial score (nSPS) is 13.7. The molecule has 3 rings (SSSR count). The molecule has 116 valence electrons. The van der Waals surface area contributed by atoms with Crippen LogP contribution in [-0.2, 0) is 19.4 Å². The minimum atomic E-state index is -0.422. The van der Waals surface area contributed by atoms with Crippen LogP contribution < -0.4 is 5.32 Å². The number of rotatable bonds is 5. The number of aromatic nitrogens is 4. The second-order valence-electron chi connectivity index (χ2n) is 5.38. The number of pyridine rings is 1. The first-order chi connectivity index (χ1) is 10.6. The third kappa shape index (κ3) is 2.90. The molecule has 1 N–H and O–H groups in total. The van der Waals surface area contributed by atoms with Crippen molar-refractivity contribution in [1.29, 1.82) is 0 Å². The van der Waals surface area contributed by atoms with Crippen molar-refractivity contribution in [2.75, 3.05) is 11.9 Å². The number of hydrogen-bond donors (Lipinski definition) is 1. The van der Waals surface area contributed by atoms with Crippen LogP contribution in [0.1, 0.15) is 30.2 Å². The van der Waals surface area contributed by atoms with E-state index in [0.29, 0.717) is 18.1 Å². The molecule has 2 aromatic rings. The van der Waals surface area contributed by atoms with Crippen molar-refractivity contribution in [3.63, 3.8) is 0 Å². The van der Waals surface area contributed by atoms with Gasteiger partial charge in [0.15, 0.2) is 0 Å². The van der Waals surface area contributed by atoms with Gasteiger partial charge in [-0.25, -0.2) is 4.98 Å². The van der Waals surface area contributed by atoms with E-state index < -0.39 is 4.92 Å². The van der Waals surface area contributed by atoms with Crippen LogP contribution in [0.4, 0.5) is 11.5 Å². The maximum atomic E-state index is 10.8. The molecule has 2 aromatic heterocycles. The third-order valence-corrected chi connectivity index (χ3v) is 3.85. The van der Waals surface area contributed by atoms with Crippen LogP contribution in [0.15, 0.2) is 12.1 Å². The number of nitro groups is 1. The van der Waals surface area contributed by atoms with Crippen molar-refractivity contribution < 1.29 is 4.92 Å². The zero-order valence-corrected chi connectivity index (χ0v) is 12.4. The second-order valence-corrected chi connectivity index (χ2v) is 5.38. The average molecular weight is 302 g/mol. The van der Waals surface area contributed by atoms with Crippen molar-refractivity contribution in [3.05, 3.63) is 39.6 Å². The first-order valence-corrected chi connectivity index (χ1v) is 7.42. The fourth-order valence-electron chi connectivity index (χ4n) is 2.70. The summed E-state index contributed by atoms with van der Waals surface area (Å²) in [5.74, 6) is 2.70. The highest BCUT2D eigenvalue weighted by atomic mass is 16.6. The van der Waals surface area contributed by atoms with Gasteiger partial charge in [-0.2, -0.15) is 0 Å². The Morgan fingerprint density at radius 3 is 3.00 bits per heavy atom. The second kappa shape index (κ2) is 6.08. The fourth-order valence-corrected chi connectivity index (χ4v) is 2.70. The Morgan fingerprint density at radius 1 is 1.36 bits per heavy atom. The summed E-state index contributed by atoms with van der Waals surface area (Å²) in [5, 5.41) is 22.4. The summed E-state index contributed by atoms with van der Waals surface area (Å²) < 4.78 is 2.19. The van der Waals surface area contributed by atoms with E-state index in [1.165, 1.54) is 18.9 Å². The minimum Gasteiger partial charge on any atom is -0.370 e. The lowest BCUT2D eigenvalue weighted by Crippen LogP contribution is -2.16. The largest absolute Gasteiger partial charge is 0.370 e. The van der Waals surface area contributed by atoms with Crippen molar-refractivity contribution in [3.8, 4) is 0 Å². The van der Waals surface area contributed by atoms with Gasteiger partial charge in [0.2, 0.25) is 0 Å². The molecule has 0 saturated carbocycles. The summed E-state index contributed by atoms with van der Waals surface area (Å²) in [7, 11) is 0. The molecule has 0 bridgehead atoms. The molecule has 0 spiro atoms. The van der Waals surface area contributed by atoms with Gasteiger partial charge in [-0.05, 0) is 25.8 Å². The van der Waals surface area contributed by atoms with Gasteiger partial charge in [-0.1, -0.05) is 0 Å². The standard InChI is InChI=1S/C14H18N6O2/c1-10-11(20(21)22)5-6-12(16-10)15-8-7-14-18-17-13-4-2-3-9-19(13)14/h5-6H,2-4,7-9H2,1H3,(H,15,16). The molecule has 0 amide bonds. The van der Waals surface area contributed by atoms with E-state index in [0.717, 1.165) is 31.0 Å². The molecule has 1 aliphatic heterocycles. The van der Waals surface area contributed by atoms with Crippen LogP contribution in [0.5, 0.6) is 0 Å². The van der Waals surface area contributed by atoms with Crippen molar-refractivity contribution in [2.45, 2.75) is 39.2 Å². The van der Waals surface area contributed by atoms with Gasteiger partial charge in [0.1, 0.15) is 23.2 Å². The molecule has 0 atom stereocenters. The molecular formula is C14H18N6O2. The van der Waals surface area contributed by atoms with Crippen LogP contribution in [0.3, 0.4) is 0 Å². The van der Waals surface area contributed by atoms with Gasteiger partial charge in [-0.15, -0.1) is 10.2 Å². The number of nitrogens with zero attached hydrogens (tertiary/aromatic N) is 5. The smallest absolute Gasteiger partial charge is 0.290 e. The van der Waals surface area contributed by atoms with Crippen LogP contribution in [-0.4, -0.2) is 31.2 Å². The van der Waals surface area contributed by atoms with E-state index in [4.69, 9.17) is 0 Å². The maximum absolute atomic E-state index is 10.8. The number of anilines is 1. The lowest BCUT2D eigenvalue weighted by Gasteiger charge is -2.14. The van der Waals surface area contributed by atoms with Gasteiger partial charge in [-0.3, -0.25) is 10.1 Å². The summed E-state index contributed by atoms with van der Waals surface area (Å²) in [6.45, 7) is 3.30. The monoisotopic (exact) mass is 302 g/mol. The molecular weight excluding hydrogens is 284 g/mol. The van der Waals surface area contributed by atoms with E-state index in [1.807, 2.05) is 0 Å². The number of fused-ring (bicyclic) bond motifs is 1. The molecule has 8 heteroatoms. The van der Waals surface area contributed by atoms with Gasteiger partial charge in [0.05, 0.1) is 4.92 Å². The average Bonchev–Trinajstić information content (AvgIpc) is 2.90. The van der Waals surface area contributed by atoms with E-state index in [2.05, 4.69) is 25.1 Å². The molecule has 0 aromatic carbocycles. The van der Waals surface area contributed by atoms with E-state index >= 15 is 0 Å². The Balaban J connectivity index is 1.60. The quantitative estimate of drug-likeness (QED) is 0.668. The maximum Gasteiger partial charge on any atom is 0.290 e. The summed E-state index contributed by atoms with van der Waals surface area (Å²) in [6.07, 6.45) is 4.12. The lowest BCUT2D eigenvalue weighted by molar-refractivity contribution is -0.385. The molecule has 8 nitrogen and oxygen atoms in total. The fraction of sp³-hybridized carbons (Fsp3) is 0.500. The first-order valence-electron chi connectivity index (χ1n) is 7.42. The number of hydrogen-bond acceptors (Lipinski definition) is 6. The zero-order valence-electron chi connectivity index (χ0n) is 12.4. The predicted molar refractivity (Wildman–Crippen MR) is 80.8 cm³/mol. The summed E-state index contributed by atoms with van der Waals surface area (Å²) >= 11 is 0. The first kappa shape index (κ1) is 14.4. The van der Waals surface area contributed by atoms with E-state index in [9.17, 15) is 10.1 Å². The van der Waals surface area contributed by atoms with Gasteiger partial charge >= 0.3 is 0 Å². The number of aryl methyl sites for hydroxylation is 2. The van der Waals surface area contributed by atoms with E-state index in [1.54, 1.807) is 13.0 Å². The zero-order chi connectivity index (χ0) is 15.5. The van der Waals surface area contributed by atoms with Gasteiger partial charge in [0.25, 0.3) is 5.69 Å². The SMILES string of the molecule is Cc1nc(NCCc2nnc3n2CCCC3)ccc1[N+](=O)[O-]. The number of nitrogens with one attached hydrogen (secondary N) is 1. The Hall–Kier alpha value is -2.51. The molecule has 0 saturated heterocycles. The summed E-state index contributed by atoms with van der Waals surface area (Å²) in [6, 6.07) is 3.11. The van der Waals surface area contributed by atoms with Crippen LogP contribution in [0.25, 0.3) is 0 Å². The topological polar surface area (TPSA) is 98.8 Å². The van der Waals surface area contributed by atoms with Gasteiger partial charge in [0, 0.05) is 32.0 Å². The van der Waals surface area contributed by atoms with Crippen LogP contribution in [0.2, 0.25) is 0 Å². The summed E-state index contributed by atoms with van der Waals surface area (Å²) in [4.78, 5) is 14.5. The highest BCUT2D eigenvalue weighted by molar-refractivity contribution is 5.44. The highest BCUT2D eigenvalue weighted by Crippen LogP contribution is 2.18. The molecule has 22 heavy (non-hydrogen) atoms. The van der Waals surface area contributed by atoms with Crippen molar-refractivity contribution in [2.24, 2.45) is 0 Å². The Kier molecular flexibility index (Phi) is 3.99. The summed E-state index contributed by atoms with van der Waals surface area (Å²) in [5.41, 5.74) is 0.451. The highest BCUT2D eigenvalue weighted by Gasteiger charge is 2.15. The Morgan fingerprint density at radius 2 is 2.23 bits per heavy atom. The molecule has 0 unspecified atom stereocenters. The van der Waals surface area contributed by atoms with Crippen molar-refractivity contribution in [1.82, 2.24) is 19.7 Å². The molecule has 0 fully saturated rings.